The molecule has 4 heteroatoms. The minimum Gasteiger partial charge on any atom is -0.288 e. The van der Waals surface area contributed by atoms with E-state index in [4.69, 9.17) is 0 Å². The number of aryl methyl sites for hydroxylation is 2. The molecule has 0 bridgehead atoms. The molecule has 27 heavy (non-hydrogen) atoms. The van der Waals surface area contributed by atoms with Crippen LogP contribution in [-0.2, 0) is 9.84 Å². The molecule has 0 fully saturated rings. The molecule has 0 aromatic heterocycles. The first-order valence-electron chi connectivity index (χ1n) is 8.67. The second-order valence-corrected chi connectivity index (χ2v) is 8.58. The number of sulfone groups is 1. The predicted molar refractivity (Wildman–Crippen MR) is 109 cm³/mol. The SMILES string of the molecule is Cc1ccc(S(=O)(=O)c2c(C)c3ccccc3c3ccccc3c2=O)cc1. The molecule has 0 heterocycles. The third-order valence-electron chi connectivity index (χ3n) is 4.94. The van der Waals surface area contributed by atoms with Crippen molar-refractivity contribution < 1.29 is 8.42 Å². The Balaban J connectivity index is 2.25. The van der Waals surface area contributed by atoms with Gasteiger partial charge in [0.1, 0.15) is 4.90 Å². The summed E-state index contributed by atoms with van der Waals surface area (Å²) in [5, 5.41) is 2.80. The van der Waals surface area contributed by atoms with Crippen molar-refractivity contribution in [3.8, 4) is 0 Å². The molecule has 0 saturated heterocycles. The number of hydrogen-bond donors (Lipinski definition) is 0. The molecule has 0 aliphatic heterocycles. The van der Waals surface area contributed by atoms with Crippen LogP contribution in [0.3, 0.4) is 0 Å². The van der Waals surface area contributed by atoms with Gasteiger partial charge in [-0.15, -0.1) is 0 Å². The fraction of sp³-hybridized carbons (Fsp3) is 0.0870. The molecular weight excluding hydrogens is 356 g/mol. The molecule has 0 N–H and O–H groups in total. The highest BCUT2D eigenvalue weighted by molar-refractivity contribution is 7.91. The van der Waals surface area contributed by atoms with E-state index in [2.05, 4.69) is 0 Å². The maximum absolute atomic E-state index is 13.4. The lowest BCUT2D eigenvalue weighted by Gasteiger charge is -2.07. The van der Waals surface area contributed by atoms with E-state index in [1.54, 1.807) is 43.3 Å². The first-order chi connectivity index (χ1) is 12.9. The second-order valence-electron chi connectivity index (χ2n) is 6.69. The molecule has 4 aromatic rings. The Bertz CT molecular complexity index is 1350. The Labute approximate surface area is 157 Å². The second kappa shape index (κ2) is 6.32. The van der Waals surface area contributed by atoms with Crippen LogP contribution in [0.5, 0.6) is 0 Å². The van der Waals surface area contributed by atoms with Gasteiger partial charge in [-0.3, -0.25) is 4.79 Å². The van der Waals surface area contributed by atoms with Gasteiger partial charge < -0.3 is 0 Å². The van der Waals surface area contributed by atoms with E-state index >= 15 is 0 Å². The minimum absolute atomic E-state index is 0.132. The molecule has 0 radical (unpaired) electrons. The van der Waals surface area contributed by atoms with Crippen molar-refractivity contribution in [3.63, 3.8) is 0 Å². The molecule has 0 aliphatic carbocycles. The Morgan fingerprint density at radius 2 is 1.11 bits per heavy atom. The van der Waals surface area contributed by atoms with Crippen LogP contribution in [0.15, 0.2) is 87.4 Å². The Morgan fingerprint density at radius 1 is 0.630 bits per heavy atom. The summed E-state index contributed by atoms with van der Waals surface area (Å²) in [5.74, 6) is 0. The average Bonchev–Trinajstić information content (AvgIpc) is 2.77. The van der Waals surface area contributed by atoms with Crippen molar-refractivity contribution in [1.82, 2.24) is 0 Å². The Morgan fingerprint density at radius 3 is 1.70 bits per heavy atom. The lowest BCUT2D eigenvalue weighted by atomic mass is 10.1. The van der Waals surface area contributed by atoms with Crippen LogP contribution in [0.4, 0.5) is 0 Å². The molecule has 0 unspecified atom stereocenters. The van der Waals surface area contributed by atoms with Crippen LogP contribution in [0, 0.1) is 13.8 Å². The van der Waals surface area contributed by atoms with E-state index in [-0.39, 0.29) is 9.79 Å². The van der Waals surface area contributed by atoms with Gasteiger partial charge >= 0.3 is 0 Å². The first-order valence-corrected chi connectivity index (χ1v) is 10.2. The van der Waals surface area contributed by atoms with Gasteiger partial charge in [-0.05, 0) is 47.7 Å². The summed E-state index contributed by atoms with van der Waals surface area (Å²) < 4.78 is 26.8. The largest absolute Gasteiger partial charge is 0.288 e. The van der Waals surface area contributed by atoms with E-state index in [0.717, 1.165) is 21.7 Å². The van der Waals surface area contributed by atoms with E-state index in [0.29, 0.717) is 10.9 Å². The highest BCUT2D eigenvalue weighted by atomic mass is 32.2. The first kappa shape index (κ1) is 17.4. The number of rotatable bonds is 2. The topological polar surface area (TPSA) is 51.2 Å². The summed E-state index contributed by atoms with van der Waals surface area (Å²) in [6.07, 6.45) is 0. The van der Waals surface area contributed by atoms with Crippen molar-refractivity contribution in [2.75, 3.05) is 0 Å². The monoisotopic (exact) mass is 374 g/mol. The third kappa shape index (κ3) is 2.73. The molecule has 0 saturated carbocycles. The lowest BCUT2D eigenvalue weighted by Crippen LogP contribution is -2.15. The predicted octanol–water partition coefficient (Wildman–Crippen LogP) is 4.80. The average molecular weight is 374 g/mol. The zero-order valence-corrected chi connectivity index (χ0v) is 15.9. The molecule has 134 valence electrons. The van der Waals surface area contributed by atoms with Crippen LogP contribution >= 0.6 is 0 Å². The van der Waals surface area contributed by atoms with Gasteiger partial charge in [0, 0.05) is 5.39 Å². The smallest absolute Gasteiger partial charge is 0.210 e. The maximum Gasteiger partial charge on any atom is 0.210 e. The quantitative estimate of drug-likeness (QED) is 0.506. The standard InChI is InChI=1S/C23H18O3S/c1-15-11-13-17(14-12-15)27(25,26)23-16(2)18-7-3-4-8-19(18)20-9-5-6-10-21(20)22(23)24/h3-14H,1-2H3. The molecule has 4 aromatic carbocycles. The maximum atomic E-state index is 13.4. The van der Waals surface area contributed by atoms with Crippen LogP contribution in [-0.4, -0.2) is 8.42 Å². The van der Waals surface area contributed by atoms with Gasteiger partial charge in [0.25, 0.3) is 0 Å². The summed E-state index contributed by atoms with van der Waals surface area (Å²) in [4.78, 5) is 13.3. The van der Waals surface area contributed by atoms with Crippen LogP contribution in [0.25, 0.3) is 21.5 Å². The molecule has 0 spiro atoms. The van der Waals surface area contributed by atoms with Crippen LogP contribution in [0.1, 0.15) is 11.1 Å². The summed E-state index contributed by atoms with van der Waals surface area (Å²) in [5.41, 5.74) is 0.981. The zero-order chi connectivity index (χ0) is 19.2. The highest BCUT2D eigenvalue weighted by Crippen LogP contribution is 2.30. The van der Waals surface area contributed by atoms with Crippen LogP contribution < -0.4 is 5.43 Å². The van der Waals surface area contributed by atoms with Gasteiger partial charge in [0.15, 0.2) is 0 Å². The summed E-state index contributed by atoms with van der Waals surface area (Å²) in [6.45, 7) is 3.61. The van der Waals surface area contributed by atoms with Crippen LogP contribution in [0.2, 0.25) is 0 Å². The molecule has 0 amide bonds. The summed E-state index contributed by atoms with van der Waals surface area (Å²) >= 11 is 0. The van der Waals surface area contributed by atoms with Gasteiger partial charge in [-0.1, -0.05) is 66.2 Å². The van der Waals surface area contributed by atoms with E-state index in [9.17, 15) is 13.2 Å². The summed E-state index contributed by atoms with van der Waals surface area (Å²) in [6, 6.07) is 21.3. The van der Waals surface area contributed by atoms with Gasteiger partial charge in [0.05, 0.1) is 4.90 Å². The van der Waals surface area contributed by atoms with E-state index in [1.807, 2.05) is 43.3 Å². The van der Waals surface area contributed by atoms with Gasteiger partial charge in [-0.25, -0.2) is 8.42 Å². The Kier molecular flexibility index (Phi) is 4.08. The fourth-order valence-corrected chi connectivity index (χ4v) is 5.13. The number of hydrogen-bond acceptors (Lipinski definition) is 3. The molecule has 0 atom stereocenters. The molecular formula is C23H18O3S. The third-order valence-corrected chi connectivity index (χ3v) is 6.86. The van der Waals surface area contributed by atoms with Crippen molar-refractivity contribution in [2.45, 2.75) is 23.6 Å². The van der Waals surface area contributed by atoms with Gasteiger partial charge in [-0.2, -0.15) is 0 Å². The highest BCUT2D eigenvalue weighted by Gasteiger charge is 2.25. The lowest BCUT2D eigenvalue weighted by molar-refractivity contribution is 0.595. The number of benzene rings is 3. The summed E-state index contributed by atoms with van der Waals surface area (Å²) in [7, 11) is -3.96. The minimum atomic E-state index is -3.96. The molecule has 4 rings (SSSR count). The van der Waals surface area contributed by atoms with E-state index < -0.39 is 15.3 Å². The Hall–Kier alpha value is -2.98. The van der Waals surface area contributed by atoms with Crippen molar-refractivity contribution in [2.24, 2.45) is 0 Å². The normalized spacial score (nSPS) is 11.8. The van der Waals surface area contributed by atoms with Gasteiger partial charge in [0.2, 0.25) is 15.3 Å². The van der Waals surface area contributed by atoms with Crippen molar-refractivity contribution in [1.29, 1.82) is 0 Å². The number of fused-ring (bicyclic) bond motifs is 3. The zero-order valence-electron chi connectivity index (χ0n) is 15.1. The molecule has 0 aliphatic rings. The molecule has 3 nitrogen and oxygen atoms in total. The van der Waals surface area contributed by atoms with Crippen molar-refractivity contribution in [3.05, 3.63) is 94.1 Å². The van der Waals surface area contributed by atoms with E-state index in [1.165, 1.54) is 0 Å². The van der Waals surface area contributed by atoms with Crippen molar-refractivity contribution >= 4 is 31.4 Å². The fourth-order valence-electron chi connectivity index (χ4n) is 3.53.